The largest absolute Gasteiger partial charge is 0.359 e. The van der Waals surface area contributed by atoms with Crippen LogP contribution in [0.5, 0.6) is 0 Å². The smallest absolute Gasteiger partial charge is 0.256 e. The van der Waals surface area contributed by atoms with Gasteiger partial charge in [0.2, 0.25) is 0 Å². The number of hydrogen-bond donors (Lipinski definition) is 2. The molecule has 1 aromatic heterocycles. The molecule has 0 fully saturated rings. The molecule has 1 aromatic carbocycles. The lowest BCUT2D eigenvalue weighted by Gasteiger charge is -2.08. The van der Waals surface area contributed by atoms with E-state index in [0.29, 0.717) is 0 Å². The van der Waals surface area contributed by atoms with E-state index in [-0.39, 0.29) is 5.91 Å². The first-order valence-electron chi connectivity index (χ1n) is 8.17. The number of hydrogen-bond acceptors (Lipinski definition) is 1. The Labute approximate surface area is 144 Å². The molecule has 0 unspecified atom stereocenters. The highest BCUT2D eigenvalue weighted by Crippen LogP contribution is 2.34. The third-order valence-corrected chi connectivity index (χ3v) is 5.08. The zero-order chi connectivity index (χ0) is 15.8. The van der Waals surface area contributed by atoms with Crippen LogP contribution in [0.25, 0.3) is 11.6 Å². The lowest BCUT2D eigenvalue weighted by Crippen LogP contribution is -2.03. The SMILES string of the molecule is O=C1Nc2ccc(CCBr)cc2/C1=C/c1cc2c([nH]1)CCCC2. The lowest BCUT2D eigenvalue weighted by molar-refractivity contribution is -0.110. The van der Waals surface area contributed by atoms with Crippen molar-refractivity contribution in [3.8, 4) is 0 Å². The van der Waals surface area contributed by atoms with E-state index >= 15 is 0 Å². The van der Waals surface area contributed by atoms with Crippen LogP contribution in [0.2, 0.25) is 0 Å². The molecular weight excluding hydrogens is 352 g/mol. The van der Waals surface area contributed by atoms with E-state index in [1.807, 2.05) is 12.1 Å². The number of carbonyl (C=O) groups is 1. The molecule has 4 heteroatoms. The summed E-state index contributed by atoms with van der Waals surface area (Å²) in [5, 5.41) is 3.89. The molecule has 0 saturated heterocycles. The Balaban J connectivity index is 1.73. The normalized spacial score (nSPS) is 18.0. The quantitative estimate of drug-likeness (QED) is 0.613. The van der Waals surface area contributed by atoms with Gasteiger partial charge >= 0.3 is 0 Å². The fourth-order valence-electron chi connectivity index (χ4n) is 3.51. The molecule has 2 aromatic rings. The van der Waals surface area contributed by atoms with E-state index in [0.717, 1.165) is 47.1 Å². The monoisotopic (exact) mass is 370 g/mol. The minimum Gasteiger partial charge on any atom is -0.359 e. The van der Waals surface area contributed by atoms with Gasteiger partial charge in [0.15, 0.2) is 0 Å². The summed E-state index contributed by atoms with van der Waals surface area (Å²) in [5.74, 6) is -0.0106. The molecule has 2 heterocycles. The van der Waals surface area contributed by atoms with Crippen molar-refractivity contribution in [1.82, 2.24) is 4.98 Å². The van der Waals surface area contributed by atoms with E-state index in [9.17, 15) is 4.79 Å². The number of amides is 1. The third kappa shape index (κ3) is 2.76. The topological polar surface area (TPSA) is 44.9 Å². The molecule has 23 heavy (non-hydrogen) atoms. The number of H-pyrrole nitrogens is 1. The van der Waals surface area contributed by atoms with Gasteiger partial charge in [-0.3, -0.25) is 4.79 Å². The number of anilines is 1. The molecule has 0 radical (unpaired) electrons. The maximum absolute atomic E-state index is 12.3. The van der Waals surface area contributed by atoms with Crippen LogP contribution >= 0.6 is 15.9 Å². The average Bonchev–Trinajstić information content (AvgIpc) is 3.09. The summed E-state index contributed by atoms with van der Waals surface area (Å²) in [4.78, 5) is 15.8. The van der Waals surface area contributed by atoms with Gasteiger partial charge in [0.1, 0.15) is 0 Å². The Morgan fingerprint density at radius 2 is 2.04 bits per heavy atom. The van der Waals surface area contributed by atoms with Crippen LogP contribution in [0, 0.1) is 0 Å². The van der Waals surface area contributed by atoms with Gasteiger partial charge < -0.3 is 10.3 Å². The lowest BCUT2D eigenvalue weighted by atomic mass is 9.98. The number of nitrogens with one attached hydrogen (secondary N) is 2. The van der Waals surface area contributed by atoms with E-state index < -0.39 is 0 Å². The number of halogens is 1. The summed E-state index contributed by atoms with van der Waals surface area (Å²) in [6.07, 6.45) is 7.75. The average molecular weight is 371 g/mol. The van der Waals surface area contributed by atoms with E-state index in [1.165, 1.54) is 29.7 Å². The number of benzene rings is 1. The van der Waals surface area contributed by atoms with E-state index in [1.54, 1.807) is 0 Å². The van der Waals surface area contributed by atoms with Crippen LogP contribution in [0.4, 0.5) is 5.69 Å². The molecule has 1 aliphatic carbocycles. The zero-order valence-corrected chi connectivity index (χ0v) is 14.5. The number of aromatic amines is 1. The zero-order valence-electron chi connectivity index (χ0n) is 12.9. The molecule has 3 nitrogen and oxygen atoms in total. The fraction of sp³-hybridized carbons (Fsp3) is 0.316. The van der Waals surface area contributed by atoms with Gasteiger partial charge in [-0.15, -0.1) is 0 Å². The fourth-order valence-corrected chi connectivity index (χ4v) is 3.96. The number of alkyl halides is 1. The van der Waals surface area contributed by atoms with Gasteiger partial charge in [0.05, 0.1) is 5.57 Å². The van der Waals surface area contributed by atoms with Gasteiger partial charge in [-0.25, -0.2) is 0 Å². The van der Waals surface area contributed by atoms with Crippen molar-refractivity contribution in [2.24, 2.45) is 0 Å². The summed E-state index contributed by atoms with van der Waals surface area (Å²) in [7, 11) is 0. The first kappa shape index (κ1) is 14.8. The molecule has 1 amide bonds. The second-order valence-electron chi connectivity index (χ2n) is 6.27. The van der Waals surface area contributed by atoms with Crippen LogP contribution < -0.4 is 5.32 Å². The molecule has 2 aliphatic rings. The number of carbonyl (C=O) groups excluding carboxylic acids is 1. The Morgan fingerprint density at radius 3 is 2.87 bits per heavy atom. The summed E-state index contributed by atoms with van der Waals surface area (Å²) in [6.45, 7) is 0. The van der Waals surface area contributed by atoms with Crippen molar-refractivity contribution in [2.45, 2.75) is 32.1 Å². The predicted molar refractivity (Wildman–Crippen MR) is 97.9 cm³/mol. The summed E-state index contributed by atoms with van der Waals surface area (Å²) in [6, 6.07) is 8.42. The highest BCUT2D eigenvalue weighted by atomic mass is 79.9. The number of fused-ring (bicyclic) bond motifs is 2. The van der Waals surface area contributed by atoms with Gasteiger partial charge in [-0.1, -0.05) is 22.0 Å². The van der Waals surface area contributed by atoms with Gasteiger partial charge in [0, 0.05) is 28.0 Å². The van der Waals surface area contributed by atoms with Crippen molar-refractivity contribution in [3.05, 3.63) is 52.3 Å². The molecule has 0 bridgehead atoms. The molecular formula is C19H19BrN2O. The Kier molecular flexibility index (Phi) is 3.85. The molecule has 2 N–H and O–H groups in total. The van der Waals surface area contributed by atoms with Crippen LogP contribution in [0.3, 0.4) is 0 Å². The molecule has 0 saturated carbocycles. The Morgan fingerprint density at radius 1 is 1.17 bits per heavy atom. The number of aromatic nitrogens is 1. The Bertz CT molecular complexity index is 780. The van der Waals surface area contributed by atoms with E-state index in [4.69, 9.17) is 0 Å². The predicted octanol–water partition coefficient (Wildman–Crippen LogP) is 4.32. The summed E-state index contributed by atoms with van der Waals surface area (Å²) >= 11 is 3.48. The molecule has 4 rings (SSSR count). The second kappa shape index (κ2) is 6.00. The van der Waals surface area contributed by atoms with Crippen LogP contribution in [-0.2, 0) is 24.1 Å². The van der Waals surface area contributed by atoms with Crippen molar-refractivity contribution in [2.75, 3.05) is 10.6 Å². The van der Waals surface area contributed by atoms with Gasteiger partial charge in [0.25, 0.3) is 5.91 Å². The minimum atomic E-state index is -0.0106. The van der Waals surface area contributed by atoms with Crippen LogP contribution in [0.15, 0.2) is 24.3 Å². The van der Waals surface area contributed by atoms with Crippen LogP contribution in [0.1, 0.15) is 40.9 Å². The number of aryl methyl sites for hydroxylation is 3. The van der Waals surface area contributed by atoms with Crippen molar-refractivity contribution >= 4 is 39.2 Å². The minimum absolute atomic E-state index is 0.0106. The van der Waals surface area contributed by atoms with Crippen molar-refractivity contribution in [1.29, 1.82) is 0 Å². The molecule has 1 aliphatic heterocycles. The Hall–Kier alpha value is -1.81. The summed E-state index contributed by atoms with van der Waals surface area (Å²) in [5.41, 5.74) is 7.73. The highest BCUT2D eigenvalue weighted by molar-refractivity contribution is 9.09. The number of rotatable bonds is 3. The van der Waals surface area contributed by atoms with E-state index in [2.05, 4.69) is 44.4 Å². The maximum atomic E-state index is 12.3. The summed E-state index contributed by atoms with van der Waals surface area (Å²) < 4.78 is 0. The van der Waals surface area contributed by atoms with Crippen LogP contribution in [-0.4, -0.2) is 16.2 Å². The highest BCUT2D eigenvalue weighted by Gasteiger charge is 2.24. The first-order chi connectivity index (χ1) is 11.2. The van der Waals surface area contributed by atoms with Crippen molar-refractivity contribution < 1.29 is 4.79 Å². The maximum Gasteiger partial charge on any atom is 0.256 e. The molecule has 118 valence electrons. The standard InChI is InChI=1S/C19H19BrN2O/c20-8-7-12-5-6-18-15(9-12)16(19(23)22-18)11-14-10-13-3-1-2-4-17(13)21-14/h5-6,9-11,21H,1-4,7-8H2,(H,22,23)/b16-11-. The van der Waals surface area contributed by atoms with Gasteiger partial charge in [-0.2, -0.15) is 0 Å². The third-order valence-electron chi connectivity index (χ3n) is 4.69. The first-order valence-corrected chi connectivity index (χ1v) is 9.30. The van der Waals surface area contributed by atoms with Crippen molar-refractivity contribution in [3.63, 3.8) is 0 Å². The molecule has 0 spiro atoms. The van der Waals surface area contributed by atoms with Gasteiger partial charge in [-0.05, 0) is 67.5 Å². The second-order valence-corrected chi connectivity index (χ2v) is 7.06. The molecule has 0 atom stereocenters.